The minimum Gasteiger partial charge on any atom is -0.496 e. The summed E-state index contributed by atoms with van der Waals surface area (Å²) in [6.07, 6.45) is 5.32. The van der Waals surface area contributed by atoms with Crippen LogP contribution in [0, 0.1) is 6.92 Å². The summed E-state index contributed by atoms with van der Waals surface area (Å²) in [7, 11) is 1.73. The van der Waals surface area contributed by atoms with E-state index in [1.165, 1.54) is 30.4 Å². The minimum absolute atomic E-state index is 0.459. The van der Waals surface area contributed by atoms with Gasteiger partial charge in [0.25, 0.3) is 0 Å². The largest absolute Gasteiger partial charge is 0.496 e. The molecular weight excluding hydrogens is 238 g/mol. The lowest BCUT2D eigenvalue weighted by molar-refractivity contribution is 0.0115. The highest BCUT2D eigenvalue weighted by molar-refractivity contribution is 5.36. The van der Waals surface area contributed by atoms with Crippen LogP contribution in [-0.4, -0.2) is 26.4 Å². The van der Waals surface area contributed by atoms with Crippen molar-refractivity contribution in [2.75, 3.05) is 20.3 Å². The Morgan fingerprint density at radius 2 is 2.26 bits per heavy atom. The quantitative estimate of drug-likeness (QED) is 0.800. The fourth-order valence-electron chi connectivity index (χ4n) is 2.57. The Morgan fingerprint density at radius 3 is 3.00 bits per heavy atom. The van der Waals surface area contributed by atoms with E-state index >= 15 is 0 Å². The van der Waals surface area contributed by atoms with Gasteiger partial charge in [0, 0.05) is 18.7 Å². The van der Waals surface area contributed by atoms with Crippen LogP contribution in [0.2, 0.25) is 0 Å². The Morgan fingerprint density at radius 1 is 1.37 bits per heavy atom. The molecule has 2 rings (SSSR count). The highest BCUT2D eigenvalue weighted by Crippen LogP contribution is 2.19. The Hall–Kier alpha value is -1.06. The maximum atomic E-state index is 5.73. The van der Waals surface area contributed by atoms with Crippen molar-refractivity contribution in [2.45, 2.75) is 45.3 Å². The summed E-state index contributed by atoms with van der Waals surface area (Å²) in [4.78, 5) is 0. The molecule has 0 aliphatic carbocycles. The highest BCUT2D eigenvalue weighted by Gasteiger charge is 2.13. The molecular formula is C16H25NO2. The Balaban J connectivity index is 1.74. The molecule has 0 aromatic heterocycles. The molecule has 3 heteroatoms. The van der Waals surface area contributed by atoms with Crippen molar-refractivity contribution in [1.82, 2.24) is 5.32 Å². The predicted octanol–water partition coefficient (Wildman–Crippen LogP) is 3.05. The molecule has 0 saturated carbocycles. The van der Waals surface area contributed by atoms with Crippen molar-refractivity contribution in [3.8, 4) is 5.75 Å². The Bertz CT molecular complexity index is 386. The maximum absolute atomic E-state index is 5.73. The molecule has 1 atom stereocenters. The van der Waals surface area contributed by atoms with Gasteiger partial charge < -0.3 is 14.8 Å². The van der Waals surface area contributed by atoms with Crippen molar-refractivity contribution in [2.24, 2.45) is 0 Å². The molecule has 1 aliphatic heterocycles. The Kier molecular flexibility index (Phi) is 5.67. The molecule has 1 heterocycles. The van der Waals surface area contributed by atoms with Crippen LogP contribution in [0.5, 0.6) is 5.75 Å². The average molecular weight is 263 g/mol. The summed E-state index contributed by atoms with van der Waals surface area (Å²) < 4.78 is 11.1. The zero-order valence-electron chi connectivity index (χ0n) is 12.1. The first-order valence-electron chi connectivity index (χ1n) is 7.25. The van der Waals surface area contributed by atoms with Gasteiger partial charge in [0.05, 0.1) is 13.2 Å². The minimum atomic E-state index is 0.459. The van der Waals surface area contributed by atoms with Gasteiger partial charge >= 0.3 is 0 Å². The normalized spacial score (nSPS) is 19.4. The van der Waals surface area contributed by atoms with Gasteiger partial charge in [-0.15, -0.1) is 0 Å². The fourth-order valence-corrected chi connectivity index (χ4v) is 2.57. The van der Waals surface area contributed by atoms with Gasteiger partial charge in [-0.2, -0.15) is 0 Å². The first-order chi connectivity index (χ1) is 9.29. The summed E-state index contributed by atoms with van der Waals surface area (Å²) in [5.41, 5.74) is 2.50. The van der Waals surface area contributed by atoms with Crippen LogP contribution < -0.4 is 10.1 Å². The summed E-state index contributed by atoms with van der Waals surface area (Å²) in [6, 6.07) is 6.30. The molecule has 0 spiro atoms. The molecule has 1 aromatic carbocycles. The van der Waals surface area contributed by atoms with E-state index in [-0.39, 0.29) is 0 Å². The molecule has 19 heavy (non-hydrogen) atoms. The summed E-state index contributed by atoms with van der Waals surface area (Å²) in [6.45, 7) is 4.91. The van der Waals surface area contributed by atoms with Crippen molar-refractivity contribution in [3.63, 3.8) is 0 Å². The third-order valence-electron chi connectivity index (χ3n) is 3.67. The zero-order chi connectivity index (χ0) is 13.5. The van der Waals surface area contributed by atoms with Crippen LogP contribution in [0.25, 0.3) is 0 Å². The molecule has 0 bridgehead atoms. The average Bonchev–Trinajstić information content (AvgIpc) is 2.45. The lowest BCUT2D eigenvalue weighted by Gasteiger charge is -2.22. The molecule has 0 amide bonds. The van der Waals surface area contributed by atoms with Crippen molar-refractivity contribution >= 4 is 0 Å². The van der Waals surface area contributed by atoms with Gasteiger partial charge in [-0.3, -0.25) is 0 Å². The van der Waals surface area contributed by atoms with E-state index in [9.17, 15) is 0 Å². The van der Waals surface area contributed by atoms with Crippen LogP contribution in [0.4, 0.5) is 0 Å². The predicted molar refractivity (Wildman–Crippen MR) is 77.6 cm³/mol. The Labute approximate surface area is 116 Å². The number of aryl methyl sites for hydroxylation is 1. The molecule has 1 aromatic rings. The van der Waals surface area contributed by atoms with E-state index in [0.29, 0.717) is 6.10 Å². The molecule has 1 N–H and O–H groups in total. The number of methoxy groups -OCH3 is 1. The van der Waals surface area contributed by atoms with Crippen LogP contribution in [0.15, 0.2) is 18.2 Å². The number of hydrogen-bond donors (Lipinski definition) is 1. The fraction of sp³-hybridized carbons (Fsp3) is 0.625. The monoisotopic (exact) mass is 263 g/mol. The topological polar surface area (TPSA) is 30.5 Å². The molecule has 106 valence electrons. The van der Waals surface area contributed by atoms with E-state index in [1.54, 1.807) is 7.11 Å². The van der Waals surface area contributed by atoms with Crippen LogP contribution in [0.3, 0.4) is 0 Å². The van der Waals surface area contributed by atoms with Gasteiger partial charge in [0.2, 0.25) is 0 Å². The second kappa shape index (κ2) is 7.51. The second-order valence-electron chi connectivity index (χ2n) is 5.27. The second-order valence-corrected chi connectivity index (χ2v) is 5.27. The van der Waals surface area contributed by atoms with Gasteiger partial charge in [0.1, 0.15) is 5.75 Å². The van der Waals surface area contributed by atoms with Gasteiger partial charge in [-0.1, -0.05) is 17.7 Å². The molecule has 1 unspecified atom stereocenters. The summed E-state index contributed by atoms with van der Waals surface area (Å²) in [5.74, 6) is 0.965. The van der Waals surface area contributed by atoms with Crippen LogP contribution >= 0.6 is 0 Å². The number of hydrogen-bond acceptors (Lipinski definition) is 3. The first kappa shape index (κ1) is 14.4. The number of ether oxygens (including phenoxy) is 2. The van der Waals surface area contributed by atoms with Gasteiger partial charge in [-0.05, 0) is 45.2 Å². The number of nitrogens with one attached hydrogen (secondary N) is 1. The third-order valence-corrected chi connectivity index (χ3v) is 3.67. The van der Waals surface area contributed by atoms with E-state index in [2.05, 4.69) is 24.4 Å². The SMILES string of the molecule is COc1ccc(C)cc1CNCCC1CCCCO1. The molecule has 1 fully saturated rings. The molecule has 1 saturated heterocycles. The summed E-state index contributed by atoms with van der Waals surface area (Å²) >= 11 is 0. The number of rotatable bonds is 6. The first-order valence-corrected chi connectivity index (χ1v) is 7.25. The maximum Gasteiger partial charge on any atom is 0.123 e. The number of benzene rings is 1. The zero-order valence-corrected chi connectivity index (χ0v) is 12.1. The van der Waals surface area contributed by atoms with E-state index < -0.39 is 0 Å². The van der Waals surface area contributed by atoms with Gasteiger partial charge in [0.15, 0.2) is 0 Å². The van der Waals surface area contributed by atoms with E-state index in [0.717, 1.165) is 31.9 Å². The lowest BCUT2D eigenvalue weighted by atomic mass is 10.1. The lowest BCUT2D eigenvalue weighted by Crippen LogP contribution is -2.25. The molecule has 0 radical (unpaired) electrons. The van der Waals surface area contributed by atoms with Crippen molar-refractivity contribution in [3.05, 3.63) is 29.3 Å². The molecule has 1 aliphatic rings. The van der Waals surface area contributed by atoms with E-state index in [1.807, 2.05) is 6.07 Å². The van der Waals surface area contributed by atoms with E-state index in [4.69, 9.17) is 9.47 Å². The van der Waals surface area contributed by atoms with Crippen molar-refractivity contribution in [1.29, 1.82) is 0 Å². The highest BCUT2D eigenvalue weighted by atomic mass is 16.5. The van der Waals surface area contributed by atoms with Crippen LogP contribution in [-0.2, 0) is 11.3 Å². The standard InChI is InChI=1S/C16H25NO2/c1-13-6-7-16(18-2)14(11-13)12-17-9-8-15-5-3-4-10-19-15/h6-7,11,15,17H,3-5,8-10,12H2,1-2H3. The van der Waals surface area contributed by atoms with Crippen molar-refractivity contribution < 1.29 is 9.47 Å². The molecule has 3 nitrogen and oxygen atoms in total. The van der Waals surface area contributed by atoms with Crippen LogP contribution in [0.1, 0.15) is 36.8 Å². The third kappa shape index (κ3) is 4.51. The summed E-state index contributed by atoms with van der Waals surface area (Å²) in [5, 5.41) is 3.49. The van der Waals surface area contributed by atoms with Gasteiger partial charge in [-0.25, -0.2) is 0 Å². The smallest absolute Gasteiger partial charge is 0.123 e.